The van der Waals surface area contributed by atoms with Gasteiger partial charge < -0.3 is 15.7 Å². The molecule has 0 aromatic carbocycles. The fourth-order valence-electron chi connectivity index (χ4n) is 2.87. The van der Waals surface area contributed by atoms with Crippen molar-refractivity contribution in [3.63, 3.8) is 0 Å². The molecule has 102 valence electrons. The van der Waals surface area contributed by atoms with Gasteiger partial charge in [-0.25, -0.2) is 0 Å². The van der Waals surface area contributed by atoms with E-state index in [1.54, 1.807) is 4.90 Å². The molecule has 1 saturated carbocycles. The number of aliphatic carboxylic acids is 1. The van der Waals surface area contributed by atoms with Crippen molar-refractivity contribution < 1.29 is 14.7 Å². The molecule has 1 aliphatic carbocycles. The summed E-state index contributed by atoms with van der Waals surface area (Å²) in [6, 6.07) is -0.0334. The molecule has 3 N–H and O–H groups in total. The van der Waals surface area contributed by atoms with Crippen molar-refractivity contribution in [3.8, 4) is 0 Å². The van der Waals surface area contributed by atoms with Gasteiger partial charge in [-0.05, 0) is 45.4 Å². The molecule has 0 aromatic heterocycles. The Labute approximate surface area is 107 Å². The van der Waals surface area contributed by atoms with E-state index in [-0.39, 0.29) is 17.9 Å². The lowest BCUT2D eigenvalue weighted by Crippen LogP contribution is -2.59. The number of carboxylic acid groups (broad SMARTS) is 1. The Morgan fingerprint density at radius 2 is 1.94 bits per heavy atom. The molecule has 2 rings (SSSR count). The fraction of sp³-hybridized carbons (Fsp3) is 0.846. The van der Waals surface area contributed by atoms with E-state index in [2.05, 4.69) is 0 Å². The molecule has 5 nitrogen and oxygen atoms in total. The Bertz CT molecular complexity index is 363. The molecule has 1 aliphatic heterocycles. The summed E-state index contributed by atoms with van der Waals surface area (Å²) in [7, 11) is 0. The molecule has 3 unspecified atom stereocenters. The van der Waals surface area contributed by atoms with E-state index in [4.69, 9.17) is 10.8 Å². The third-order valence-corrected chi connectivity index (χ3v) is 4.37. The molecular weight excluding hydrogens is 232 g/mol. The lowest BCUT2D eigenvalue weighted by molar-refractivity contribution is -0.149. The molecule has 0 aromatic rings. The zero-order valence-electron chi connectivity index (χ0n) is 11.1. The number of piperidine rings is 1. The molecule has 1 saturated heterocycles. The third-order valence-electron chi connectivity index (χ3n) is 4.37. The number of likely N-dealkylation sites (tertiary alicyclic amines) is 1. The van der Waals surface area contributed by atoms with E-state index in [1.807, 2.05) is 13.8 Å². The minimum absolute atomic E-state index is 0.0126. The number of hydrogen-bond acceptors (Lipinski definition) is 3. The second kappa shape index (κ2) is 4.53. The molecule has 2 fully saturated rings. The molecule has 0 radical (unpaired) electrons. The molecular formula is C13H22N2O3. The van der Waals surface area contributed by atoms with Crippen molar-refractivity contribution in [1.29, 1.82) is 0 Å². The highest BCUT2D eigenvalue weighted by atomic mass is 16.4. The number of rotatable bonds is 3. The lowest BCUT2D eigenvalue weighted by atomic mass is 9.88. The van der Waals surface area contributed by atoms with Crippen molar-refractivity contribution in [2.24, 2.45) is 17.6 Å². The number of nitrogens with zero attached hydrogens (tertiary/aromatic N) is 1. The van der Waals surface area contributed by atoms with Gasteiger partial charge in [-0.1, -0.05) is 0 Å². The van der Waals surface area contributed by atoms with Crippen LogP contribution < -0.4 is 5.73 Å². The SMILES string of the molecule is CC1CC(C(=O)O)CCN1C(=O)C(C)(N)C1CC1. The van der Waals surface area contributed by atoms with Crippen molar-refractivity contribution in [1.82, 2.24) is 4.90 Å². The Kier molecular flexibility index (Phi) is 3.36. The molecule has 3 atom stereocenters. The number of carbonyl (C=O) groups excluding carboxylic acids is 1. The quantitative estimate of drug-likeness (QED) is 0.781. The summed E-state index contributed by atoms with van der Waals surface area (Å²) in [5, 5.41) is 9.01. The van der Waals surface area contributed by atoms with Gasteiger partial charge in [0, 0.05) is 12.6 Å². The van der Waals surface area contributed by atoms with Gasteiger partial charge in [-0.2, -0.15) is 0 Å². The van der Waals surface area contributed by atoms with Crippen molar-refractivity contribution >= 4 is 11.9 Å². The van der Waals surface area contributed by atoms with Crippen molar-refractivity contribution in [2.45, 2.75) is 51.1 Å². The Balaban J connectivity index is 2.02. The smallest absolute Gasteiger partial charge is 0.306 e. The highest BCUT2D eigenvalue weighted by Gasteiger charge is 2.47. The van der Waals surface area contributed by atoms with Crippen LogP contribution in [0.25, 0.3) is 0 Å². The first-order valence-electron chi connectivity index (χ1n) is 6.66. The van der Waals surface area contributed by atoms with Crippen LogP contribution in [0.1, 0.15) is 39.5 Å². The van der Waals surface area contributed by atoms with Crippen LogP contribution in [-0.2, 0) is 9.59 Å². The van der Waals surface area contributed by atoms with E-state index in [9.17, 15) is 9.59 Å². The predicted octanol–water partition coefficient (Wildman–Crippen LogP) is 0.825. The van der Waals surface area contributed by atoms with Crippen LogP contribution in [-0.4, -0.2) is 40.0 Å². The molecule has 2 aliphatic rings. The average Bonchev–Trinajstić information content (AvgIpc) is 3.11. The Hall–Kier alpha value is -1.10. The summed E-state index contributed by atoms with van der Waals surface area (Å²) in [5.74, 6) is -0.795. The van der Waals surface area contributed by atoms with E-state index in [1.165, 1.54) is 0 Å². The molecule has 1 amide bonds. The average molecular weight is 254 g/mol. The topological polar surface area (TPSA) is 83.6 Å². The zero-order chi connectivity index (χ0) is 13.5. The van der Waals surface area contributed by atoms with Gasteiger partial charge in [0.25, 0.3) is 0 Å². The van der Waals surface area contributed by atoms with Crippen LogP contribution in [0.2, 0.25) is 0 Å². The first-order chi connectivity index (χ1) is 8.34. The number of carbonyl (C=O) groups is 2. The fourth-order valence-corrected chi connectivity index (χ4v) is 2.87. The maximum Gasteiger partial charge on any atom is 0.306 e. The number of nitrogens with two attached hydrogens (primary N) is 1. The van der Waals surface area contributed by atoms with E-state index >= 15 is 0 Å². The van der Waals surface area contributed by atoms with Gasteiger partial charge in [-0.3, -0.25) is 9.59 Å². The van der Waals surface area contributed by atoms with Crippen molar-refractivity contribution in [3.05, 3.63) is 0 Å². The summed E-state index contributed by atoms with van der Waals surface area (Å²) in [6.45, 7) is 4.23. The van der Waals surface area contributed by atoms with E-state index < -0.39 is 11.5 Å². The number of amides is 1. The Morgan fingerprint density at radius 3 is 2.39 bits per heavy atom. The Morgan fingerprint density at radius 1 is 1.33 bits per heavy atom. The monoisotopic (exact) mass is 254 g/mol. The van der Waals surface area contributed by atoms with Gasteiger partial charge in [0.1, 0.15) is 0 Å². The lowest BCUT2D eigenvalue weighted by Gasteiger charge is -2.40. The van der Waals surface area contributed by atoms with E-state index in [0.717, 1.165) is 12.8 Å². The number of carboxylic acids is 1. The second-order valence-corrected chi connectivity index (χ2v) is 5.96. The second-order valence-electron chi connectivity index (χ2n) is 5.96. The van der Waals surface area contributed by atoms with Gasteiger partial charge in [0.15, 0.2) is 0 Å². The summed E-state index contributed by atoms with van der Waals surface area (Å²) in [5.41, 5.74) is 5.37. The van der Waals surface area contributed by atoms with Gasteiger partial charge >= 0.3 is 5.97 Å². The minimum Gasteiger partial charge on any atom is -0.481 e. The first kappa shape index (κ1) is 13.3. The summed E-state index contributed by atoms with van der Waals surface area (Å²) in [6.07, 6.45) is 3.12. The standard InChI is InChI=1S/C13H22N2O3/c1-8-7-9(11(16)17)5-6-15(8)12(18)13(2,14)10-3-4-10/h8-10H,3-7,14H2,1-2H3,(H,16,17). The molecule has 5 heteroatoms. The summed E-state index contributed by atoms with van der Waals surface area (Å²) >= 11 is 0. The third kappa shape index (κ3) is 2.36. The van der Waals surface area contributed by atoms with Gasteiger partial charge in [0.05, 0.1) is 11.5 Å². The maximum absolute atomic E-state index is 12.4. The van der Waals surface area contributed by atoms with Crippen LogP contribution >= 0.6 is 0 Å². The molecule has 1 heterocycles. The van der Waals surface area contributed by atoms with E-state index in [0.29, 0.717) is 25.3 Å². The van der Waals surface area contributed by atoms with Crippen molar-refractivity contribution in [2.75, 3.05) is 6.54 Å². The molecule has 18 heavy (non-hydrogen) atoms. The van der Waals surface area contributed by atoms with Crippen LogP contribution in [0.3, 0.4) is 0 Å². The molecule has 0 spiro atoms. The van der Waals surface area contributed by atoms with Crippen LogP contribution in [0.4, 0.5) is 0 Å². The van der Waals surface area contributed by atoms with Gasteiger partial charge in [-0.15, -0.1) is 0 Å². The number of hydrogen-bond donors (Lipinski definition) is 2. The predicted molar refractivity (Wildman–Crippen MR) is 66.9 cm³/mol. The van der Waals surface area contributed by atoms with Gasteiger partial charge in [0.2, 0.25) is 5.91 Å². The first-order valence-corrected chi connectivity index (χ1v) is 6.66. The normalized spacial score (nSPS) is 31.8. The zero-order valence-corrected chi connectivity index (χ0v) is 11.1. The van der Waals surface area contributed by atoms with Crippen LogP contribution in [0.15, 0.2) is 0 Å². The highest BCUT2D eigenvalue weighted by Crippen LogP contribution is 2.40. The highest BCUT2D eigenvalue weighted by molar-refractivity contribution is 5.87. The van der Waals surface area contributed by atoms with Crippen LogP contribution in [0, 0.1) is 11.8 Å². The summed E-state index contributed by atoms with van der Waals surface area (Å²) < 4.78 is 0. The molecule has 0 bridgehead atoms. The maximum atomic E-state index is 12.4. The van der Waals surface area contributed by atoms with Crippen LogP contribution in [0.5, 0.6) is 0 Å². The largest absolute Gasteiger partial charge is 0.481 e. The summed E-state index contributed by atoms with van der Waals surface area (Å²) in [4.78, 5) is 25.2. The minimum atomic E-state index is -0.773.